The number of ether oxygens (including phenoxy) is 1. The van der Waals surface area contributed by atoms with Gasteiger partial charge in [0, 0.05) is 0 Å². The molecule has 0 spiro atoms. The third kappa shape index (κ3) is 3.15. The number of aliphatic carboxylic acids is 1. The van der Waals surface area contributed by atoms with Crippen LogP contribution in [0.3, 0.4) is 0 Å². The average molecular weight is 275 g/mol. The lowest BCUT2D eigenvalue weighted by Crippen LogP contribution is -2.39. The molecule has 1 aromatic carbocycles. The zero-order chi connectivity index (χ0) is 15.2. The Kier molecular flexibility index (Phi) is 5.27. The fraction of sp³-hybridized carbons (Fsp3) is 0.400. The molecule has 0 saturated heterocycles. The second kappa shape index (κ2) is 6.71. The lowest BCUT2D eigenvalue weighted by molar-refractivity contribution is -0.170. The molecule has 5 nitrogen and oxygen atoms in total. The second-order valence-electron chi connectivity index (χ2n) is 4.48. The van der Waals surface area contributed by atoms with Gasteiger partial charge in [0.25, 0.3) is 0 Å². The van der Waals surface area contributed by atoms with Crippen molar-refractivity contribution < 1.29 is 19.4 Å². The highest BCUT2D eigenvalue weighted by molar-refractivity contribution is 5.99. The number of esters is 1. The largest absolute Gasteiger partial charge is 0.480 e. The van der Waals surface area contributed by atoms with Gasteiger partial charge in [0.1, 0.15) is 6.61 Å². The van der Waals surface area contributed by atoms with Gasteiger partial charge in [-0.25, -0.2) is 0 Å². The van der Waals surface area contributed by atoms with E-state index in [0.29, 0.717) is 11.1 Å². The van der Waals surface area contributed by atoms with Crippen LogP contribution in [0.1, 0.15) is 37.8 Å². The number of carboxylic acid groups (broad SMARTS) is 1. The van der Waals surface area contributed by atoms with E-state index in [0.717, 1.165) is 0 Å². The van der Waals surface area contributed by atoms with E-state index in [2.05, 4.69) is 0 Å². The molecule has 0 heterocycles. The zero-order valence-corrected chi connectivity index (χ0v) is 11.5. The number of carbonyl (C=O) groups excluding carboxylic acids is 1. The summed E-state index contributed by atoms with van der Waals surface area (Å²) in [6.07, 6.45) is 0.371. The van der Waals surface area contributed by atoms with Gasteiger partial charge in [0.05, 0.1) is 11.6 Å². The molecule has 0 saturated carbocycles. The number of nitrogens with zero attached hydrogens (tertiary/aromatic N) is 1. The van der Waals surface area contributed by atoms with Crippen molar-refractivity contribution in [2.24, 2.45) is 5.41 Å². The van der Waals surface area contributed by atoms with Crippen LogP contribution in [-0.4, -0.2) is 17.0 Å². The monoisotopic (exact) mass is 275 g/mol. The van der Waals surface area contributed by atoms with E-state index in [-0.39, 0.29) is 19.4 Å². The van der Waals surface area contributed by atoms with Crippen molar-refractivity contribution in [3.8, 4) is 6.07 Å². The number of benzene rings is 1. The Hall–Kier alpha value is -2.35. The first-order chi connectivity index (χ1) is 9.50. The van der Waals surface area contributed by atoms with E-state index in [1.54, 1.807) is 38.1 Å². The smallest absolute Gasteiger partial charge is 0.323 e. The van der Waals surface area contributed by atoms with Crippen LogP contribution >= 0.6 is 0 Å². The van der Waals surface area contributed by atoms with Gasteiger partial charge < -0.3 is 9.84 Å². The minimum Gasteiger partial charge on any atom is -0.480 e. The highest BCUT2D eigenvalue weighted by atomic mass is 16.5. The normalized spacial score (nSPS) is 10.7. The number of hydrogen-bond acceptors (Lipinski definition) is 4. The van der Waals surface area contributed by atoms with E-state index in [1.165, 1.54) is 0 Å². The summed E-state index contributed by atoms with van der Waals surface area (Å²) in [5.41, 5.74) is -0.252. The molecule has 0 bridgehead atoms. The van der Waals surface area contributed by atoms with E-state index in [9.17, 15) is 14.7 Å². The van der Waals surface area contributed by atoms with Gasteiger partial charge in [-0.2, -0.15) is 5.26 Å². The van der Waals surface area contributed by atoms with Crippen LogP contribution in [0.4, 0.5) is 0 Å². The molecule has 0 radical (unpaired) electrons. The first-order valence-corrected chi connectivity index (χ1v) is 6.39. The summed E-state index contributed by atoms with van der Waals surface area (Å²) in [7, 11) is 0. The van der Waals surface area contributed by atoms with E-state index in [1.807, 2.05) is 6.07 Å². The first kappa shape index (κ1) is 15.7. The van der Waals surface area contributed by atoms with Gasteiger partial charge in [0.2, 0.25) is 0 Å². The predicted molar refractivity (Wildman–Crippen MR) is 71.6 cm³/mol. The van der Waals surface area contributed by atoms with Crippen molar-refractivity contribution >= 4 is 11.9 Å². The average Bonchev–Trinajstić information content (AvgIpc) is 2.47. The molecule has 106 valence electrons. The summed E-state index contributed by atoms with van der Waals surface area (Å²) in [4.78, 5) is 23.3. The molecule has 20 heavy (non-hydrogen) atoms. The van der Waals surface area contributed by atoms with Crippen LogP contribution in [0.5, 0.6) is 0 Å². The van der Waals surface area contributed by atoms with Gasteiger partial charge in [-0.1, -0.05) is 26.0 Å². The van der Waals surface area contributed by atoms with Crippen molar-refractivity contribution in [1.29, 1.82) is 5.26 Å². The topological polar surface area (TPSA) is 87.4 Å². The van der Waals surface area contributed by atoms with Crippen LogP contribution in [-0.2, 0) is 20.9 Å². The maximum Gasteiger partial charge on any atom is 0.323 e. The lowest BCUT2D eigenvalue weighted by Gasteiger charge is -2.24. The SMILES string of the molecule is CCC(CC)(C(=O)O)C(=O)OCc1ccc(C#N)cc1. The summed E-state index contributed by atoms with van der Waals surface area (Å²) in [6, 6.07) is 8.57. The summed E-state index contributed by atoms with van der Waals surface area (Å²) < 4.78 is 5.11. The molecule has 0 aliphatic carbocycles. The van der Waals surface area contributed by atoms with E-state index >= 15 is 0 Å². The zero-order valence-electron chi connectivity index (χ0n) is 11.5. The highest BCUT2D eigenvalue weighted by Crippen LogP contribution is 2.29. The van der Waals surface area contributed by atoms with Gasteiger partial charge in [-0.15, -0.1) is 0 Å². The Morgan fingerprint density at radius 1 is 1.25 bits per heavy atom. The Labute approximate surface area is 117 Å². The molecule has 0 aliphatic rings. The van der Waals surface area contributed by atoms with E-state index in [4.69, 9.17) is 10.00 Å². The lowest BCUT2D eigenvalue weighted by atomic mass is 9.82. The van der Waals surface area contributed by atoms with Crippen LogP contribution < -0.4 is 0 Å². The maximum atomic E-state index is 12.0. The maximum absolute atomic E-state index is 12.0. The molecule has 0 fully saturated rings. The molecule has 1 N–H and O–H groups in total. The number of rotatable bonds is 6. The molecule has 0 aromatic heterocycles. The second-order valence-corrected chi connectivity index (χ2v) is 4.48. The van der Waals surface area contributed by atoms with Crippen molar-refractivity contribution in [2.75, 3.05) is 0 Å². The van der Waals surface area contributed by atoms with Crippen LogP contribution in [0, 0.1) is 16.7 Å². The van der Waals surface area contributed by atoms with Crippen molar-refractivity contribution in [2.45, 2.75) is 33.3 Å². The summed E-state index contributed by atoms with van der Waals surface area (Å²) in [5.74, 6) is -1.88. The van der Waals surface area contributed by atoms with Crippen molar-refractivity contribution in [3.63, 3.8) is 0 Å². The van der Waals surface area contributed by atoms with Gasteiger partial charge in [0.15, 0.2) is 5.41 Å². The summed E-state index contributed by atoms with van der Waals surface area (Å²) in [5, 5.41) is 17.9. The van der Waals surface area contributed by atoms with E-state index < -0.39 is 17.4 Å². The quantitative estimate of drug-likeness (QED) is 0.636. The predicted octanol–water partition coefficient (Wildman–Crippen LogP) is 2.49. The molecule has 0 aliphatic heterocycles. The van der Waals surface area contributed by atoms with Crippen molar-refractivity contribution in [1.82, 2.24) is 0 Å². The molecule has 0 unspecified atom stereocenters. The summed E-state index contributed by atoms with van der Waals surface area (Å²) in [6.45, 7) is 3.31. The summed E-state index contributed by atoms with van der Waals surface area (Å²) >= 11 is 0. The fourth-order valence-corrected chi connectivity index (χ4v) is 1.89. The molecule has 0 atom stereocenters. The number of carbonyl (C=O) groups is 2. The minimum absolute atomic E-state index is 0.000425. The van der Waals surface area contributed by atoms with Crippen molar-refractivity contribution in [3.05, 3.63) is 35.4 Å². The Morgan fingerprint density at radius 3 is 2.20 bits per heavy atom. The van der Waals surface area contributed by atoms with Gasteiger partial charge in [-0.05, 0) is 30.5 Å². The van der Waals surface area contributed by atoms with Gasteiger partial charge in [-0.3, -0.25) is 9.59 Å². The first-order valence-electron chi connectivity index (χ1n) is 6.39. The van der Waals surface area contributed by atoms with Crippen LogP contribution in [0.25, 0.3) is 0 Å². The molecule has 0 amide bonds. The standard InChI is InChI=1S/C15H17NO4/c1-3-15(4-2,13(17)18)14(19)20-10-12-7-5-11(9-16)6-8-12/h5-8H,3-4,10H2,1-2H3,(H,17,18). The molecular weight excluding hydrogens is 258 g/mol. The Morgan fingerprint density at radius 2 is 1.80 bits per heavy atom. The van der Waals surface area contributed by atoms with Crippen LogP contribution in [0.2, 0.25) is 0 Å². The fourth-order valence-electron chi connectivity index (χ4n) is 1.89. The molecular formula is C15H17NO4. The molecule has 5 heteroatoms. The third-order valence-corrected chi connectivity index (χ3v) is 3.46. The number of carboxylic acids is 1. The molecule has 1 aromatic rings. The van der Waals surface area contributed by atoms with Gasteiger partial charge >= 0.3 is 11.9 Å². The number of hydrogen-bond donors (Lipinski definition) is 1. The Balaban J connectivity index is 2.75. The number of nitriles is 1. The Bertz CT molecular complexity index is 524. The third-order valence-electron chi connectivity index (χ3n) is 3.46. The molecule has 1 rings (SSSR count). The van der Waals surface area contributed by atoms with Crippen LogP contribution in [0.15, 0.2) is 24.3 Å². The highest BCUT2D eigenvalue weighted by Gasteiger charge is 2.44. The minimum atomic E-state index is -1.48.